The largest absolute Gasteiger partial charge is 0.497 e. The van der Waals surface area contributed by atoms with Crippen LogP contribution in [0, 0.1) is 0 Å². The number of hydrogen-bond donors (Lipinski definition) is 0. The number of nitrogens with zero attached hydrogens (tertiary/aromatic N) is 4. The molecule has 0 saturated heterocycles. The summed E-state index contributed by atoms with van der Waals surface area (Å²) in [5.74, 6) is 2.46. The van der Waals surface area contributed by atoms with Crippen molar-refractivity contribution in [2.24, 2.45) is 0 Å². The van der Waals surface area contributed by atoms with Gasteiger partial charge in [-0.3, -0.25) is 9.88 Å². The number of benzene rings is 1. The number of pyridine rings is 1. The molecular weight excluding hydrogens is 340 g/mol. The molecule has 0 radical (unpaired) electrons. The Morgan fingerprint density at radius 2 is 2.04 bits per heavy atom. The maximum Gasteiger partial charge on any atom is 0.160 e. The molecule has 3 aromatic rings. The van der Waals surface area contributed by atoms with E-state index in [1.165, 1.54) is 5.56 Å². The number of aromatic nitrogens is 3. The molecule has 138 valence electrons. The minimum Gasteiger partial charge on any atom is -0.497 e. The van der Waals surface area contributed by atoms with Crippen molar-refractivity contribution in [1.29, 1.82) is 0 Å². The van der Waals surface area contributed by atoms with E-state index in [2.05, 4.69) is 14.9 Å². The lowest BCUT2D eigenvalue weighted by Crippen LogP contribution is -2.31. The summed E-state index contributed by atoms with van der Waals surface area (Å²) in [7, 11) is 3.38. The lowest BCUT2D eigenvalue weighted by Gasteiger charge is -2.28. The van der Waals surface area contributed by atoms with Crippen molar-refractivity contribution in [3.05, 3.63) is 65.7 Å². The van der Waals surface area contributed by atoms with Gasteiger partial charge in [-0.05, 0) is 30.3 Å². The van der Waals surface area contributed by atoms with Crippen molar-refractivity contribution in [2.45, 2.75) is 19.5 Å². The van der Waals surface area contributed by atoms with Gasteiger partial charge in [-0.1, -0.05) is 0 Å². The molecule has 27 heavy (non-hydrogen) atoms. The summed E-state index contributed by atoms with van der Waals surface area (Å²) in [6, 6.07) is 9.80. The molecule has 0 unspecified atom stereocenters. The number of methoxy groups -OCH3 is 2. The Balaban J connectivity index is 1.52. The van der Waals surface area contributed by atoms with Gasteiger partial charge in [0.2, 0.25) is 0 Å². The Morgan fingerprint density at radius 3 is 2.81 bits per heavy atom. The van der Waals surface area contributed by atoms with Crippen LogP contribution in [-0.2, 0) is 19.5 Å². The maximum absolute atomic E-state index is 5.51. The van der Waals surface area contributed by atoms with Crippen LogP contribution in [-0.4, -0.2) is 40.6 Å². The minimum absolute atomic E-state index is 0.741. The van der Waals surface area contributed by atoms with Crippen LogP contribution in [0.1, 0.15) is 16.8 Å². The number of ether oxygens (including phenoxy) is 2. The first-order valence-electron chi connectivity index (χ1n) is 8.95. The molecule has 0 amide bonds. The summed E-state index contributed by atoms with van der Waals surface area (Å²) < 4.78 is 10.9. The number of rotatable bonds is 5. The molecular formula is C21H22N4O2. The van der Waals surface area contributed by atoms with Gasteiger partial charge in [-0.25, -0.2) is 9.97 Å². The Kier molecular flexibility index (Phi) is 4.98. The van der Waals surface area contributed by atoms with Crippen molar-refractivity contribution in [1.82, 2.24) is 19.9 Å². The smallest absolute Gasteiger partial charge is 0.160 e. The van der Waals surface area contributed by atoms with Gasteiger partial charge in [-0.2, -0.15) is 0 Å². The fraction of sp³-hybridized carbons (Fsp3) is 0.286. The minimum atomic E-state index is 0.741. The van der Waals surface area contributed by atoms with Crippen LogP contribution in [0.5, 0.6) is 11.5 Å². The third kappa shape index (κ3) is 3.75. The van der Waals surface area contributed by atoms with E-state index in [1.807, 2.05) is 36.5 Å². The standard InChI is InChI=1S/C21H22N4O2/c1-26-18-5-6-20(27-2)16(10-18)13-25-9-7-19-17(14-25)12-23-21(24-19)15-4-3-8-22-11-15/h3-6,8,10-12H,7,9,13-14H2,1-2H3. The Morgan fingerprint density at radius 1 is 1.11 bits per heavy atom. The predicted molar refractivity (Wildman–Crippen MR) is 103 cm³/mol. The molecule has 0 bridgehead atoms. The van der Waals surface area contributed by atoms with Crippen LogP contribution in [0.15, 0.2) is 48.9 Å². The van der Waals surface area contributed by atoms with Gasteiger partial charge in [0.25, 0.3) is 0 Å². The van der Waals surface area contributed by atoms with E-state index in [9.17, 15) is 0 Å². The Bertz CT molecular complexity index is 931. The van der Waals surface area contributed by atoms with E-state index in [4.69, 9.17) is 14.5 Å². The van der Waals surface area contributed by atoms with Crippen LogP contribution < -0.4 is 9.47 Å². The highest BCUT2D eigenvalue weighted by atomic mass is 16.5. The van der Waals surface area contributed by atoms with Gasteiger partial charge < -0.3 is 9.47 Å². The van der Waals surface area contributed by atoms with Gasteiger partial charge in [0, 0.05) is 61.3 Å². The van der Waals surface area contributed by atoms with Crippen molar-refractivity contribution in [3.8, 4) is 22.9 Å². The predicted octanol–water partition coefficient (Wildman–Crippen LogP) is 3.11. The van der Waals surface area contributed by atoms with E-state index in [-0.39, 0.29) is 0 Å². The lowest BCUT2D eigenvalue weighted by atomic mass is 10.1. The zero-order valence-electron chi connectivity index (χ0n) is 15.6. The second-order valence-corrected chi connectivity index (χ2v) is 6.55. The van der Waals surface area contributed by atoms with E-state index in [0.29, 0.717) is 0 Å². The van der Waals surface area contributed by atoms with Crippen LogP contribution in [0.4, 0.5) is 0 Å². The van der Waals surface area contributed by atoms with Crippen LogP contribution in [0.3, 0.4) is 0 Å². The second kappa shape index (κ2) is 7.72. The molecule has 6 nitrogen and oxygen atoms in total. The van der Waals surface area contributed by atoms with Crippen LogP contribution in [0.25, 0.3) is 11.4 Å². The van der Waals surface area contributed by atoms with E-state index >= 15 is 0 Å². The molecule has 1 aliphatic rings. The summed E-state index contributed by atoms with van der Waals surface area (Å²) in [5.41, 5.74) is 4.37. The summed E-state index contributed by atoms with van der Waals surface area (Å²) >= 11 is 0. The van der Waals surface area contributed by atoms with Crippen LogP contribution >= 0.6 is 0 Å². The van der Waals surface area contributed by atoms with E-state index in [1.54, 1.807) is 26.6 Å². The lowest BCUT2D eigenvalue weighted by molar-refractivity contribution is 0.239. The van der Waals surface area contributed by atoms with Gasteiger partial charge in [0.05, 0.1) is 19.9 Å². The first-order valence-corrected chi connectivity index (χ1v) is 8.95. The molecule has 6 heteroatoms. The van der Waals surface area contributed by atoms with Gasteiger partial charge in [0.15, 0.2) is 5.82 Å². The topological polar surface area (TPSA) is 60.4 Å². The molecule has 1 aliphatic heterocycles. The zero-order valence-corrected chi connectivity index (χ0v) is 15.6. The highest BCUT2D eigenvalue weighted by molar-refractivity contribution is 5.53. The highest BCUT2D eigenvalue weighted by Crippen LogP contribution is 2.27. The summed E-state index contributed by atoms with van der Waals surface area (Å²) in [5, 5.41) is 0. The molecule has 3 heterocycles. The summed E-state index contributed by atoms with van der Waals surface area (Å²) in [6.07, 6.45) is 6.40. The van der Waals surface area contributed by atoms with Gasteiger partial charge in [-0.15, -0.1) is 0 Å². The van der Waals surface area contributed by atoms with Crippen LogP contribution in [0.2, 0.25) is 0 Å². The first kappa shape index (κ1) is 17.4. The fourth-order valence-electron chi connectivity index (χ4n) is 3.39. The third-order valence-corrected chi connectivity index (χ3v) is 4.81. The highest BCUT2D eigenvalue weighted by Gasteiger charge is 2.20. The zero-order chi connectivity index (χ0) is 18.6. The molecule has 0 spiro atoms. The van der Waals surface area contributed by atoms with Crippen molar-refractivity contribution in [3.63, 3.8) is 0 Å². The molecule has 0 N–H and O–H groups in total. The van der Waals surface area contributed by atoms with Crippen molar-refractivity contribution >= 4 is 0 Å². The van der Waals surface area contributed by atoms with Crippen molar-refractivity contribution in [2.75, 3.05) is 20.8 Å². The average molecular weight is 362 g/mol. The quantitative estimate of drug-likeness (QED) is 0.695. The number of hydrogen-bond acceptors (Lipinski definition) is 6. The molecule has 0 fully saturated rings. The van der Waals surface area contributed by atoms with Crippen molar-refractivity contribution < 1.29 is 9.47 Å². The normalized spacial score (nSPS) is 13.9. The molecule has 1 aromatic carbocycles. The Hall–Kier alpha value is -2.99. The monoisotopic (exact) mass is 362 g/mol. The third-order valence-electron chi connectivity index (χ3n) is 4.81. The molecule has 4 rings (SSSR count). The fourth-order valence-corrected chi connectivity index (χ4v) is 3.39. The molecule has 0 saturated carbocycles. The summed E-state index contributed by atoms with van der Waals surface area (Å²) in [4.78, 5) is 15.8. The average Bonchev–Trinajstić information content (AvgIpc) is 2.74. The number of fused-ring (bicyclic) bond motifs is 1. The van der Waals surface area contributed by atoms with E-state index < -0.39 is 0 Å². The van der Waals surface area contributed by atoms with E-state index in [0.717, 1.165) is 60.2 Å². The van der Waals surface area contributed by atoms with Gasteiger partial charge >= 0.3 is 0 Å². The Labute approximate surface area is 158 Å². The summed E-state index contributed by atoms with van der Waals surface area (Å²) in [6.45, 7) is 2.56. The van der Waals surface area contributed by atoms with Gasteiger partial charge in [0.1, 0.15) is 11.5 Å². The molecule has 2 aromatic heterocycles. The first-order chi connectivity index (χ1) is 13.3. The second-order valence-electron chi connectivity index (χ2n) is 6.55. The molecule has 0 aliphatic carbocycles. The molecule has 0 atom stereocenters. The maximum atomic E-state index is 5.51. The SMILES string of the molecule is COc1ccc(OC)c(CN2CCc3nc(-c4cccnc4)ncc3C2)c1.